The van der Waals surface area contributed by atoms with Crippen LogP contribution in [0.25, 0.3) is 0 Å². The average Bonchev–Trinajstić information content (AvgIpc) is 2.05. The lowest BCUT2D eigenvalue weighted by Crippen LogP contribution is -2.00. The molecular weight excluding hydrogens is 216 g/mol. The lowest BCUT2D eigenvalue weighted by atomic mass is 10.1. The maximum Gasteiger partial charge on any atom is 0.298 e. The van der Waals surface area contributed by atoms with Crippen molar-refractivity contribution in [3.05, 3.63) is 35.9 Å². The second kappa shape index (κ2) is 4.04. The summed E-state index contributed by atoms with van der Waals surface area (Å²) in [6.07, 6.45) is 0.503. The topological polar surface area (TPSA) is 74.6 Å². The van der Waals surface area contributed by atoms with Crippen LogP contribution in [0.15, 0.2) is 35.2 Å². The molecule has 0 radical (unpaired) electrons. The fourth-order valence-electron chi connectivity index (χ4n) is 1.22. The van der Waals surface area contributed by atoms with Gasteiger partial charge in [-0.25, -0.2) is 0 Å². The Balaban J connectivity index is 3.23. The van der Waals surface area contributed by atoms with Crippen LogP contribution in [0.1, 0.15) is 12.5 Å². The normalized spacial score (nSPS) is 11.3. The van der Waals surface area contributed by atoms with Gasteiger partial charge in [0.1, 0.15) is 10.6 Å². The Bertz CT molecular complexity index is 488. The van der Waals surface area contributed by atoms with Gasteiger partial charge >= 0.3 is 0 Å². The van der Waals surface area contributed by atoms with Gasteiger partial charge in [-0.1, -0.05) is 18.2 Å². The first-order valence-corrected chi connectivity index (χ1v) is 5.68. The molecule has 0 unspecified atom stereocenters. The summed E-state index contributed by atoms with van der Waals surface area (Å²) in [6, 6.07) is 4.05. The number of hydrogen-bond donors (Lipinski definition) is 2. The Morgan fingerprint density at radius 1 is 1.47 bits per heavy atom. The van der Waals surface area contributed by atoms with E-state index in [2.05, 4.69) is 6.58 Å². The zero-order valence-corrected chi connectivity index (χ0v) is 9.08. The number of phenols is 1. The van der Waals surface area contributed by atoms with Crippen molar-refractivity contribution in [3.63, 3.8) is 0 Å². The summed E-state index contributed by atoms with van der Waals surface area (Å²) in [5, 5.41) is 9.24. The van der Waals surface area contributed by atoms with Gasteiger partial charge < -0.3 is 5.11 Å². The van der Waals surface area contributed by atoms with Crippen LogP contribution in [-0.2, 0) is 16.5 Å². The Hall–Kier alpha value is -1.33. The van der Waals surface area contributed by atoms with Crippen molar-refractivity contribution in [2.75, 3.05) is 0 Å². The van der Waals surface area contributed by atoms with Crippen LogP contribution in [0.3, 0.4) is 0 Å². The van der Waals surface area contributed by atoms with Crippen LogP contribution < -0.4 is 0 Å². The molecule has 0 bridgehead atoms. The molecule has 82 valence electrons. The van der Waals surface area contributed by atoms with Crippen LogP contribution in [-0.4, -0.2) is 18.1 Å². The summed E-state index contributed by atoms with van der Waals surface area (Å²) >= 11 is 0. The molecule has 1 rings (SSSR count). The third-order valence-electron chi connectivity index (χ3n) is 1.81. The summed E-state index contributed by atoms with van der Waals surface area (Å²) in [4.78, 5) is -0.471. The number of phenolic OH excluding ortho intramolecular Hbond substituents is 1. The third-order valence-corrected chi connectivity index (χ3v) is 2.69. The highest BCUT2D eigenvalue weighted by Crippen LogP contribution is 2.24. The number of aromatic hydroxyl groups is 1. The van der Waals surface area contributed by atoms with Gasteiger partial charge in [-0.2, -0.15) is 8.42 Å². The Morgan fingerprint density at radius 3 is 2.53 bits per heavy atom. The smallest absolute Gasteiger partial charge is 0.298 e. The molecule has 0 aliphatic rings. The standard InChI is InChI=1S/C10H12O4S/c1-7(2)5-8-3-4-9(11)10(6-8)15(12,13)14/h3-4,6,11H,1,5H2,2H3,(H,12,13,14). The molecule has 5 heteroatoms. The number of rotatable bonds is 3. The van der Waals surface area contributed by atoms with Gasteiger partial charge in [-0.15, -0.1) is 0 Å². The van der Waals surface area contributed by atoms with Crippen molar-refractivity contribution in [1.82, 2.24) is 0 Å². The molecule has 15 heavy (non-hydrogen) atoms. The lowest BCUT2D eigenvalue weighted by Gasteiger charge is -2.05. The highest BCUT2D eigenvalue weighted by molar-refractivity contribution is 7.86. The molecule has 2 N–H and O–H groups in total. The molecule has 0 amide bonds. The molecule has 0 saturated heterocycles. The van der Waals surface area contributed by atoms with Gasteiger partial charge in [0.15, 0.2) is 0 Å². The molecule has 0 aliphatic heterocycles. The molecule has 0 atom stereocenters. The van der Waals surface area contributed by atoms with Crippen molar-refractivity contribution in [2.45, 2.75) is 18.2 Å². The predicted octanol–water partition coefficient (Wildman–Crippen LogP) is 1.76. The van der Waals surface area contributed by atoms with Gasteiger partial charge in [0.2, 0.25) is 0 Å². The van der Waals surface area contributed by atoms with Crippen molar-refractivity contribution in [3.8, 4) is 5.75 Å². The number of hydrogen-bond acceptors (Lipinski definition) is 3. The molecule has 0 saturated carbocycles. The van der Waals surface area contributed by atoms with Crippen LogP contribution in [0.4, 0.5) is 0 Å². The monoisotopic (exact) mass is 228 g/mol. The quantitative estimate of drug-likeness (QED) is 0.610. The predicted molar refractivity (Wildman–Crippen MR) is 56.4 cm³/mol. The molecule has 0 heterocycles. The van der Waals surface area contributed by atoms with E-state index in [9.17, 15) is 13.5 Å². The lowest BCUT2D eigenvalue weighted by molar-refractivity contribution is 0.443. The Kier molecular flexibility index (Phi) is 3.16. The Labute approximate surface area is 88.6 Å². The highest BCUT2D eigenvalue weighted by Gasteiger charge is 2.15. The average molecular weight is 228 g/mol. The minimum absolute atomic E-state index is 0.456. The Morgan fingerprint density at radius 2 is 2.07 bits per heavy atom. The second-order valence-electron chi connectivity index (χ2n) is 3.41. The fourth-order valence-corrected chi connectivity index (χ4v) is 1.86. The summed E-state index contributed by atoms with van der Waals surface area (Å²) in [7, 11) is -4.37. The van der Waals surface area contributed by atoms with E-state index in [1.165, 1.54) is 12.1 Å². The first-order chi connectivity index (χ1) is 6.80. The van der Waals surface area contributed by atoms with E-state index in [-0.39, 0.29) is 0 Å². The van der Waals surface area contributed by atoms with Crippen molar-refractivity contribution >= 4 is 10.1 Å². The van der Waals surface area contributed by atoms with Crippen LogP contribution in [0.5, 0.6) is 5.75 Å². The largest absolute Gasteiger partial charge is 0.506 e. The van der Waals surface area contributed by atoms with Crippen molar-refractivity contribution in [1.29, 1.82) is 0 Å². The summed E-state index contributed by atoms with van der Waals surface area (Å²) in [5.41, 5.74) is 1.54. The molecule has 4 nitrogen and oxygen atoms in total. The molecule has 1 aromatic carbocycles. The SMILES string of the molecule is C=C(C)Cc1ccc(O)c(S(=O)(=O)O)c1. The minimum Gasteiger partial charge on any atom is -0.506 e. The number of allylic oxidation sites excluding steroid dienone is 1. The minimum atomic E-state index is -4.37. The van der Waals surface area contributed by atoms with E-state index in [1.807, 2.05) is 0 Å². The molecule has 0 aromatic heterocycles. The molecule has 1 aromatic rings. The van der Waals surface area contributed by atoms with E-state index in [1.54, 1.807) is 13.0 Å². The summed E-state index contributed by atoms with van der Waals surface area (Å²) in [5.74, 6) is -0.456. The van der Waals surface area contributed by atoms with Crippen molar-refractivity contribution < 1.29 is 18.1 Å². The summed E-state index contributed by atoms with van der Waals surface area (Å²) in [6.45, 7) is 5.50. The van der Waals surface area contributed by atoms with E-state index in [0.29, 0.717) is 12.0 Å². The number of benzene rings is 1. The molecule has 0 fully saturated rings. The van der Waals surface area contributed by atoms with E-state index in [4.69, 9.17) is 4.55 Å². The van der Waals surface area contributed by atoms with Crippen molar-refractivity contribution in [2.24, 2.45) is 0 Å². The van der Waals surface area contributed by atoms with Gasteiger partial charge in [-0.05, 0) is 31.0 Å². The van der Waals surface area contributed by atoms with Crippen LogP contribution >= 0.6 is 0 Å². The van der Waals surface area contributed by atoms with Gasteiger partial charge in [0.25, 0.3) is 10.1 Å². The fraction of sp³-hybridized carbons (Fsp3) is 0.200. The van der Waals surface area contributed by atoms with E-state index in [0.717, 1.165) is 5.57 Å². The van der Waals surface area contributed by atoms with Gasteiger partial charge in [0, 0.05) is 0 Å². The molecule has 0 aliphatic carbocycles. The third kappa shape index (κ3) is 3.07. The van der Waals surface area contributed by atoms with Crippen LogP contribution in [0.2, 0.25) is 0 Å². The maximum atomic E-state index is 10.9. The van der Waals surface area contributed by atoms with E-state index >= 15 is 0 Å². The maximum absolute atomic E-state index is 10.9. The van der Waals surface area contributed by atoms with Gasteiger partial charge in [0.05, 0.1) is 0 Å². The molecular formula is C10H12O4S. The first-order valence-electron chi connectivity index (χ1n) is 4.24. The van der Waals surface area contributed by atoms with E-state index < -0.39 is 20.8 Å². The zero-order chi connectivity index (χ0) is 11.6. The second-order valence-corrected chi connectivity index (χ2v) is 4.80. The zero-order valence-electron chi connectivity index (χ0n) is 8.27. The van der Waals surface area contributed by atoms with Crippen LogP contribution in [0, 0.1) is 0 Å². The molecule has 0 spiro atoms. The van der Waals surface area contributed by atoms with Gasteiger partial charge in [-0.3, -0.25) is 4.55 Å². The summed E-state index contributed by atoms with van der Waals surface area (Å²) < 4.78 is 30.5. The highest BCUT2D eigenvalue weighted by atomic mass is 32.2. The first kappa shape index (κ1) is 11.7.